The molecule has 0 N–H and O–H groups in total. The van der Waals surface area contributed by atoms with E-state index in [0.29, 0.717) is 12.5 Å². The van der Waals surface area contributed by atoms with Crippen LogP contribution < -0.4 is 0 Å². The van der Waals surface area contributed by atoms with E-state index >= 15 is 0 Å². The summed E-state index contributed by atoms with van der Waals surface area (Å²) in [5, 5.41) is 0. The Hall–Kier alpha value is -0.370. The molecule has 17 heavy (non-hydrogen) atoms. The molecule has 0 bridgehead atoms. The predicted octanol–water partition coefficient (Wildman–Crippen LogP) is 2.31. The third kappa shape index (κ3) is 6.21. The first-order valence-electron chi connectivity index (χ1n) is 5.62. The molecule has 0 aliphatic heterocycles. The van der Waals surface area contributed by atoms with Crippen LogP contribution in [-0.2, 0) is 19.0 Å². The second-order valence-electron chi connectivity index (χ2n) is 4.08. The molecule has 0 aromatic carbocycles. The topological polar surface area (TPSA) is 61.8 Å². The molecule has 0 aromatic rings. The van der Waals surface area contributed by atoms with E-state index in [1.54, 1.807) is 22.6 Å². The Labute approximate surface area is 114 Å². The van der Waals surface area contributed by atoms with Gasteiger partial charge in [0.05, 0.1) is 42.4 Å². The highest BCUT2D eigenvalue weighted by atomic mass is 127. The van der Waals surface area contributed by atoms with Gasteiger partial charge in [-0.3, -0.25) is 0 Å². The van der Waals surface area contributed by atoms with Gasteiger partial charge in [0.1, 0.15) is 6.61 Å². The van der Waals surface area contributed by atoms with Crippen LogP contribution >= 0.6 is 22.6 Å². The number of hydrogen-bond donors (Lipinski definition) is 0. The summed E-state index contributed by atoms with van der Waals surface area (Å²) in [4.78, 5) is 21.5. The number of halogens is 1. The minimum atomic E-state index is -0.342. The number of rotatable bonds is 5. The summed E-state index contributed by atoms with van der Waals surface area (Å²) in [5.74, 6) is 0.0812. The van der Waals surface area contributed by atoms with Gasteiger partial charge in [-0.25, -0.2) is 9.59 Å². The predicted molar refractivity (Wildman–Crippen MR) is 69.1 cm³/mol. The Kier molecular flexibility index (Phi) is 6.79. The zero-order valence-corrected chi connectivity index (χ0v) is 12.0. The van der Waals surface area contributed by atoms with Crippen molar-refractivity contribution in [3.05, 3.63) is 0 Å². The van der Waals surface area contributed by atoms with E-state index in [2.05, 4.69) is 4.74 Å². The van der Waals surface area contributed by atoms with Crippen LogP contribution in [0.5, 0.6) is 0 Å². The number of carbonyl (C=O) groups excluding carboxylic acids is 2. The molecule has 1 fully saturated rings. The van der Waals surface area contributed by atoms with Gasteiger partial charge in [-0.15, -0.1) is 0 Å². The Morgan fingerprint density at radius 2 is 1.88 bits per heavy atom. The van der Waals surface area contributed by atoms with Crippen LogP contribution in [-0.4, -0.2) is 36.4 Å². The Balaban J connectivity index is 2.13. The molecule has 0 saturated heterocycles. The summed E-state index contributed by atoms with van der Waals surface area (Å²) in [7, 11) is 1.35. The number of methoxy groups -OCH3 is 1. The Morgan fingerprint density at radius 3 is 2.41 bits per heavy atom. The molecule has 1 rings (SSSR count). The van der Waals surface area contributed by atoms with Crippen molar-refractivity contribution in [2.75, 3.05) is 20.3 Å². The lowest BCUT2D eigenvalue weighted by Gasteiger charge is -2.27. The number of hydrogen-bond acceptors (Lipinski definition) is 5. The molecule has 1 saturated carbocycles. The van der Waals surface area contributed by atoms with Gasteiger partial charge in [-0.1, -0.05) is 0 Å². The molecule has 0 atom stereocenters. The lowest BCUT2D eigenvalue weighted by molar-refractivity contribution is -0.148. The van der Waals surface area contributed by atoms with Crippen molar-refractivity contribution in [3.63, 3.8) is 0 Å². The summed E-state index contributed by atoms with van der Waals surface area (Å²) in [6.45, 7) is 0.514. The molecule has 0 amide bonds. The average Bonchev–Trinajstić information content (AvgIpc) is 2.34. The van der Waals surface area contributed by atoms with E-state index in [1.165, 1.54) is 7.11 Å². The average molecular weight is 356 g/mol. The molecule has 6 heteroatoms. The van der Waals surface area contributed by atoms with Crippen molar-refractivity contribution < 1.29 is 23.8 Å². The molecule has 0 heterocycles. The lowest BCUT2D eigenvalue weighted by Crippen LogP contribution is -2.26. The van der Waals surface area contributed by atoms with Gasteiger partial charge in [-0.2, -0.15) is 0 Å². The number of esters is 1. The molecule has 5 nitrogen and oxygen atoms in total. The fraction of sp³-hybridized carbons (Fsp3) is 0.818. The van der Waals surface area contributed by atoms with E-state index in [1.807, 2.05) is 0 Å². The fourth-order valence-corrected chi connectivity index (χ4v) is 2.07. The molecule has 0 unspecified atom stereocenters. The maximum absolute atomic E-state index is 10.9. The highest BCUT2D eigenvalue weighted by molar-refractivity contribution is 14.1. The van der Waals surface area contributed by atoms with E-state index in [9.17, 15) is 9.59 Å². The molecule has 1 aliphatic carbocycles. The second kappa shape index (κ2) is 7.86. The summed E-state index contributed by atoms with van der Waals surface area (Å²) >= 11 is 1.63. The first kappa shape index (κ1) is 14.7. The largest absolute Gasteiger partial charge is 0.467 e. The SMILES string of the molecule is COC(=O)COC1CCC(COC(=O)I)CC1. The van der Waals surface area contributed by atoms with Crippen LogP contribution in [0.1, 0.15) is 25.7 Å². The van der Waals surface area contributed by atoms with E-state index < -0.39 is 0 Å². The number of carbonyl (C=O) groups is 2. The second-order valence-corrected chi connectivity index (χ2v) is 4.96. The minimum absolute atomic E-state index is 0.0224. The summed E-state index contributed by atoms with van der Waals surface area (Å²) in [6.07, 6.45) is 3.87. The van der Waals surface area contributed by atoms with Crippen molar-refractivity contribution >= 4 is 32.5 Å². The third-order valence-corrected chi connectivity index (χ3v) is 3.20. The summed E-state index contributed by atoms with van der Waals surface area (Å²) in [5.41, 5.74) is 0. The first-order valence-corrected chi connectivity index (χ1v) is 6.70. The molecule has 1 aliphatic rings. The van der Waals surface area contributed by atoms with Gasteiger partial charge in [0, 0.05) is 0 Å². The third-order valence-electron chi connectivity index (χ3n) is 2.89. The van der Waals surface area contributed by atoms with Gasteiger partial charge >= 0.3 is 9.95 Å². The van der Waals surface area contributed by atoms with Gasteiger partial charge in [0.25, 0.3) is 0 Å². The zero-order chi connectivity index (χ0) is 12.7. The van der Waals surface area contributed by atoms with E-state index in [0.717, 1.165) is 25.7 Å². The van der Waals surface area contributed by atoms with E-state index in [-0.39, 0.29) is 22.7 Å². The van der Waals surface area contributed by atoms with Crippen molar-refractivity contribution in [1.82, 2.24) is 0 Å². The molecule has 0 spiro atoms. The van der Waals surface area contributed by atoms with Gasteiger partial charge in [0.2, 0.25) is 0 Å². The molecular formula is C11H17IO5. The molecular weight excluding hydrogens is 339 g/mol. The van der Waals surface area contributed by atoms with Crippen LogP contribution in [0.4, 0.5) is 4.79 Å². The highest BCUT2D eigenvalue weighted by Gasteiger charge is 2.23. The van der Waals surface area contributed by atoms with Crippen molar-refractivity contribution in [3.8, 4) is 0 Å². The number of ether oxygens (including phenoxy) is 3. The van der Waals surface area contributed by atoms with Crippen LogP contribution in [0.2, 0.25) is 0 Å². The van der Waals surface area contributed by atoms with E-state index in [4.69, 9.17) is 9.47 Å². The molecule has 0 aromatic heterocycles. The monoisotopic (exact) mass is 356 g/mol. The van der Waals surface area contributed by atoms with Crippen molar-refractivity contribution in [1.29, 1.82) is 0 Å². The fourth-order valence-electron chi connectivity index (χ4n) is 1.89. The van der Waals surface area contributed by atoms with Crippen molar-refractivity contribution in [2.45, 2.75) is 31.8 Å². The van der Waals surface area contributed by atoms with Crippen LogP contribution in [0.15, 0.2) is 0 Å². The summed E-state index contributed by atoms with van der Waals surface area (Å²) < 4.78 is 14.6. The lowest BCUT2D eigenvalue weighted by atomic mass is 9.88. The van der Waals surface area contributed by atoms with Crippen LogP contribution in [0.25, 0.3) is 0 Å². The smallest absolute Gasteiger partial charge is 0.367 e. The highest BCUT2D eigenvalue weighted by Crippen LogP contribution is 2.26. The first-order chi connectivity index (χ1) is 8.11. The maximum Gasteiger partial charge on any atom is 0.367 e. The van der Waals surface area contributed by atoms with Crippen LogP contribution in [0.3, 0.4) is 0 Å². The quantitative estimate of drug-likeness (QED) is 0.430. The zero-order valence-electron chi connectivity index (χ0n) is 9.82. The molecule has 98 valence electrons. The van der Waals surface area contributed by atoms with Gasteiger partial charge in [0.15, 0.2) is 0 Å². The summed E-state index contributed by atoms with van der Waals surface area (Å²) in [6, 6.07) is 0. The normalized spacial score (nSPS) is 24.1. The maximum atomic E-state index is 10.9. The van der Waals surface area contributed by atoms with Crippen LogP contribution in [0, 0.1) is 5.92 Å². The Morgan fingerprint density at radius 1 is 1.24 bits per heavy atom. The standard InChI is InChI=1S/C11H17IO5/c1-15-10(13)7-16-9-4-2-8(3-5-9)6-17-11(12)14/h8-9H,2-7H2,1H3. The Bertz CT molecular complexity index is 261. The van der Waals surface area contributed by atoms with Crippen molar-refractivity contribution in [2.24, 2.45) is 5.92 Å². The van der Waals surface area contributed by atoms with Gasteiger partial charge in [-0.05, 0) is 31.6 Å². The minimum Gasteiger partial charge on any atom is -0.467 e. The van der Waals surface area contributed by atoms with Gasteiger partial charge < -0.3 is 14.2 Å². The molecule has 0 radical (unpaired) electrons.